The molecule has 0 aliphatic rings. The van der Waals surface area contributed by atoms with E-state index in [9.17, 15) is 10.1 Å². The van der Waals surface area contributed by atoms with Crippen LogP contribution in [0, 0.1) is 16.7 Å². The number of hydrogen-bond donors (Lipinski definition) is 1. The van der Waals surface area contributed by atoms with Crippen molar-refractivity contribution in [3.8, 4) is 6.07 Å². The fraction of sp³-hybridized carbons (Fsp3) is 0.643. The molecule has 0 saturated heterocycles. The normalized spacial score (nSPS) is 11.1. The zero-order valence-corrected chi connectivity index (χ0v) is 12.2. The van der Waals surface area contributed by atoms with E-state index >= 15 is 0 Å². The van der Waals surface area contributed by atoms with Crippen molar-refractivity contribution in [3.63, 3.8) is 0 Å². The summed E-state index contributed by atoms with van der Waals surface area (Å²) >= 11 is 0. The third kappa shape index (κ3) is 3.14. The topological polar surface area (TPSA) is 70.7 Å². The number of aromatic nitrogens is 2. The molecule has 0 atom stereocenters. The van der Waals surface area contributed by atoms with Gasteiger partial charge in [-0.2, -0.15) is 10.4 Å². The molecule has 19 heavy (non-hydrogen) atoms. The molecule has 1 rings (SSSR count). The van der Waals surface area contributed by atoms with E-state index in [2.05, 4.69) is 16.5 Å². The van der Waals surface area contributed by atoms with Gasteiger partial charge in [-0.15, -0.1) is 0 Å². The molecular weight excluding hydrogens is 240 g/mol. The predicted octanol–water partition coefficient (Wildman–Crippen LogP) is 1.93. The van der Waals surface area contributed by atoms with Gasteiger partial charge in [-0.1, -0.05) is 20.8 Å². The van der Waals surface area contributed by atoms with E-state index in [1.54, 1.807) is 4.68 Å². The molecule has 0 aliphatic carbocycles. The van der Waals surface area contributed by atoms with Crippen molar-refractivity contribution in [1.82, 2.24) is 15.1 Å². The van der Waals surface area contributed by atoms with Crippen LogP contribution in [0.15, 0.2) is 6.20 Å². The summed E-state index contributed by atoms with van der Waals surface area (Å²) < 4.78 is 1.75. The maximum atomic E-state index is 12.2. The van der Waals surface area contributed by atoms with Crippen molar-refractivity contribution < 1.29 is 4.79 Å². The van der Waals surface area contributed by atoms with Crippen molar-refractivity contribution >= 4 is 5.91 Å². The minimum atomic E-state index is -0.908. The number of aryl methyl sites for hydroxylation is 2. The highest BCUT2D eigenvalue weighted by atomic mass is 16.2. The summed E-state index contributed by atoms with van der Waals surface area (Å²) in [6.07, 6.45) is 3.79. The summed E-state index contributed by atoms with van der Waals surface area (Å²) in [5.41, 5.74) is 1.09. The number of hydrogen-bond acceptors (Lipinski definition) is 3. The van der Waals surface area contributed by atoms with Gasteiger partial charge in [0.2, 0.25) is 5.91 Å². The van der Waals surface area contributed by atoms with Gasteiger partial charge in [0, 0.05) is 25.4 Å². The van der Waals surface area contributed by atoms with Crippen LogP contribution in [0.25, 0.3) is 0 Å². The number of nitrogens with zero attached hydrogens (tertiary/aromatic N) is 3. The minimum absolute atomic E-state index is 0.189. The molecule has 1 aromatic heterocycles. The number of carbonyl (C=O) groups is 1. The molecular formula is C14H22N4O. The van der Waals surface area contributed by atoms with Crippen molar-refractivity contribution in [2.45, 2.75) is 46.6 Å². The fourth-order valence-corrected chi connectivity index (χ4v) is 2.15. The van der Waals surface area contributed by atoms with Crippen LogP contribution in [0.2, 0.25) is 0 Å². The molecule has 104 valence electrons. The zero-order valence-electron chi connectivity index (χ0n) is 12.2. The van der Waals surface area contributed by atoms with Crippen LogP contribution in [0.1, 0.15) is 44.9 Å². The first-order valence-corrected chi connectivity index (χ1v) is 6.73. The van der Waals surface area contributed by atoms with Crippen LogP contribution < -0.4 is 5.32 Å². The van der Waals surface area contributed by atoms with Gasteiger partial charge in [0.1, 0.15) is 5.41 Å². The molecule has 1 aromatic rings. The van der Waals surface area contributed by atoms with Crippen LogP contribution in [0.3, 0.4) is 0 Å². The second-order valence-corrected chi connectivity index (χ2v) is 4.71. The van der Waals surface area contributed by atoms with Crippen LogP contribution >= 0.6 is 0 Å². The van der Waals surface area contributed by atoms with Crippen LogP contribution in [0.4, 0.5) is 0 Å². The average molecular weight is 262 g/mol. The number of amides is 1. The van der Waals surface area contributed by atoms with Crippen LogP contribution in [0.5, 0.6) is 0 Å². The summed E-state index contributed by atoms with van der Waals surface area (Å²) in [5, 5.41) is 16.4. The first-order chi connectivity index (χ1) is 9.02. The number of carbonyl (C=O) groups excluding carboxylic acids is 1. The molecule has 0 radical (unpaired) electrons. The molecule has 0 saturated carbocycles. The molecule has 1 heterocycles. The average Bonchev–Trinajstić information content (AvgIpc) is 2.79. The Kier molecular flexibility index (Phi) is 5.11. The molecule has 0 spiro atoms. The number of nitrogens with one attached hydrogen (secondary N) is 1. The Bertz CT molecular complexity index is 480. The van der Waals surface area contributed by atoms with Gasteiger partial charge in [-0.25, -0.2) is 0 Å². The van der Waals surface area contributed by atoms with Gasteiger partial charge in [-0.05, 0) is 19.3 Å². The quantitative estimate of drug-likeness (QED) is 0.851. The monoisotopic (exact) mass is 262 g/mol. The second-order valence-electron chi connectivity index (χ2n) is 4.71. The van der Waals surface area contributed by atoms with Gasteiger partial charge in [0.15, 0.2) is 0 Å². The first kappa shape index (κ1) is 15.2. The SMILES string of the molecule is CCc1nn(C)cc1CNC(=O)C(C#N)(CC)CC. The Morgan fingerprint density at radius 2 is 2.11 bits per heavy atom. The predicted molar refractivity (Wildman–Crippen MR) is 73.1 cm³/mol. The van der Waals surface area contributed by atoms with Gasteiger partial charge in [-0.3, -0.25) is 9.48 Å². The summed E-state index contributed by atoms with van der Waals surface area (Å²) in [6, 6.07) is 2.15. The van der Waals surface area contributed by atoms with E-state index in [-0.39, 0.29) is 5.91 Å². The largest absolute Gasteiger partial charge is 0.351 e. The summed E-state index contributed by atoms with van der Waals surface area (Å²) in [7, 11) is 1.86. The van der Waals surface area contributed by atoms with E-state index in [0.717, 1.165) is 17.7 Å². The van der Waals surface area contributed by atoms with Gasteiger partial charge >= 0.3 is 0 Å². The summed E-state index contributed by atoms with van der Waals surface area (Å²) in [6.45, 7) is 6.20. The van der Waals surface area contributed by atoms with E-state index in [1.165, 1.54) is 0 Å². The van der Waals surface area contributed by atoms with Gasteiger partial charge in [0.25, 0.3) is 0 Å². The second kappa shape index (κ2) is 6.37. The van der Waals surface area contributed by atoms with Gasteiger partial charge < -0.3 is 5.32 Å². The highest BCUT2D eigenvalue weighted by Crippen LogP contribution is 2.25. The highest BCUT2D eigenvalue weighted by Gasteiger charge is 2.34. The van der Waals surface area contributed by atoms with Crippen molar-refractivity contribution in [1.29, 1.82) is 5.26 Å². The lowest BCUT2D eigenvalue weighted by atomic mass is 9.83. The first-order valence-electron chi connectivity index (χ1n) is 6.73. The van der Waals surface area contributed by atoms with E-state index in [4.69, 9.17) is 0 Å². The summed E-state index contributed by atoms with van der Waals surface area (Å²) in [4.78, 5) is 12.2. The van der Waals surface area contributed by atoms with E-state index in [0.29, 0.717) is 19.4 Å². The van der Waals surface area contributed by atoms with Crippen molar-refractivity contribution in [2.75, 3.05) is 0 Å². The Morgan fingerprint density at radius 3 is 2.58 bits per heavy atom. The molecule has 0 fully saturated rings. The lowest BCUT2D eigenvalue weighted by Gasteiger charge is -2.22. The standard InChI is InChI=1S/C14H22N4O/c1-5-12-11(9-18(4)17-12)8-16-13(19)14(6-2,7-3)10-15/h9H,5-8H2,1-4H3,(H,16,19). The number of rotatable bonds is 6. The Labute approximate surface area is 114 Å². The smallest absolute Gasteiger partial charge is 0.240 e. The van der Waals surface area contributed by atoms with E-state index < -0.39 is 5.41 Å². The van der Waals surface area contributed by atoms with Crippen molar-refractivity contribution in [3.05, 3.63) is 17.5 Å². The molecule has 0 aromatic carbocycles. The lowest BCUT2D eigenvalue weighted by molar-refractivity contribution is -0.128. The zero-order chi connectivity index (χ0) is 14.5. The third-order valence-corrected chi connectivity index (χ3v) is 3.62. The molecule has 1 N–H and O–H groups in total. The fourth-order valence-electron chi connectivity index (χ4n) is 2.15. The van der Waals surface area contributed by atoms with Gasteiger partial charge in [0.05, 0.1) is 11.8 Å². The molecule has 1 amide bonds. The molecule has 0 bridgehead atoms. The van der Waals surface area contributed by atoms with Crippen LogP contribution in [-0.2, 0) is 24.8 Å². The number of nitriles is 1. The molecule has 5 heteroatoms. The Hall–Kier alpha value is -1.83. The maximum Gasteiger partial charge on any atom is 0.240 e. The molecule has 0 aliphatic heterocycles. The Balaban J connectivity index is 2.76. The third-order valence-electron chi connectivity index (χ3n) is 3.62. The maximum absolute atomic E-state index is 12.2. The Morgan fingerprint density at radius 1 is 1.47 bits per heavy atom. The van der Waals surface area contributed by atoms with Crippen LogP contribution in [-0.4, -0.2) is 15.7 Å². The highest BCUT2D eigenvalue weighted by molar-refractivity contribution is 5.85. The minimum Gasteiger partial charge on any atom is -0.351 e. The molecule has 0 unspecified atom stereocenters. The molecule has 5 nitrogen and oxygen atoms in total. The summed E-state index contributed by atoms with van der Waals surface area (Å²) in [5.74, 6) is -0.189. The van der Waals surface area contributed by atoms with E-state index in [1.807, 2.05) is 34.0 Å². The van der Waals surface area contributed by atoms with Crippen molar-refractivity contribution in [2.24, 2.45) is 12.5 Å². The lowest BCUT2D eigenvalue weighted by Crippen LogP contribution is -2.39.